The number of hydrogen-bond donors (Lipinski definition) is 3. The molecule has 0 aliphatic heterocycles. The lowest BCUT2D eigenvalue weighted by atomic mass is 10.4. The molecular formula is C8H12BrN5. The highest BCUT2D eigenvalue weighted by atomic mass is 79.9. The number of nitrogen functional groups attached to an aromatic ring is 1. The highest BCUT2D eigenvalue weighted by molar-refractivity contribution is 9.10. The molecule has 5 nitrogen and oxygen atoms in total. The standard InChI is InChI=1S/C8H12BrN5/c9-6-4-12-8(14-10)13-7(6)11-3-5-1-2-5/h4-5H,1-3,10H2,(H2,11,12,13,14). The SMILES string of the molecule is NNc1ncc(Br)c(NCC2CC2)n1. The van der Waals surface area contributed by atoms with E-state index in [-0.39, 0.29) is 0 Å². The molecule has 1 aromatic rings. The third kappa shape index (κ3) is 2.33. The summed E-state index contributed by atoms with van der Waals surface area (Å²) in [5.41, 5.74) is 2.41. The van der Waals surface area contributed by atoms with Crippen LogP contribution in [-0.4, -0.2) is 16.5 Å². The molecule has 4 N–H and O–H groups in total. The summed E-state index contributed by atoms with van der Waals surface area (Å²) >= 11 is 3.37. The molecule has 1 saturated carbocycles. The van der Waals surface area contributed by atoms with E-state index in [0.29, 0.717) is 5.95 Å². The van der Waals surface area contributed by atoms with Gasteiger partial charge in [-0.15, -0.1) is 0 Å². The molecular weight excluding hydrogens is 246 g/mol. The van der Waals surface area contributed by atoms with Gasteiger partial charge in [0, 0.05) is 12.7 Å². The molecule has 0 unspecified atom stereocenters. The van der Waals surface area contributed by atoms with E-state index < -0.39 is 0 Å². The lowest BCUT2D eigenvalue weighted by Crippen LogP contribution is -2.13. The van der Waals surface area contributed by atoms with E-state index in [0.717, 1.165) is 22.8 Å². The van der Waals surface area contributed by atoms with Crippen LogP contribution in [0.5, 0.6) is 0 Å². The Balaban J connectivity index is 2.04. The molecule has 76 valence electrons. The van der Waals surface area contributed by atoms with Gasteiger partial charge in [0.2, 0.25) is 5.95 Å². The summed E-state index contributed by atoms with van der Waals surface area (Å²) in [5, 5.41) is 3.26. The molecule has 0 spiro atoms. The van der Waals surface area contributed by atoms with Gasteiger partial charge in [-0.25, -0.2) is 10.8 Å². The number of nitrogens with two attached hydrogens (primary N) is 1. The zero-order chi connectivity index (χ0) is 9.97. The molecule has 0 radical (unpaired) electrons. The minimum absolute atomic E-state index is 0.423. The first kappa shape index (κ1) is 9.67. The molecule has 6 heteroatoms. The Kier molecular flexibility index (Phi) is 2.83. The minimum Gasteiger partial charge on any atom is -0.369 e. The zero-order valence-electron chi connectivity index (χ0n) is 7.63. The van der Waals surface area contributed by atoms with Crippen molar-refractivity contribution in [2.45, 2.75) is 12.8 Å². The van der Waals surface area contributed by atoms with Crippen LogP contribution in [0.4, 0.5) is 11.8 Å². The number of rotatable bonds is 4. The van der Waals surface area contributed by atoms with E-state index in [1.807, 2.05) is 0 Å². The van der Waals surface area contributed by atoms with Crippen molar-refractivity contribution in [1.29, 1.82) is 0 Å². The smallest absolute Gasteiger partial charge is 0.239 e. The van der Waals surface area contributed by atoms with Gasteiger partial charge >= 0.3 is 0 Å². The summed E-state index contributed by atoms with van der Waals surface area (Å²) < 4.78 is 0.858. The van der Waals surface area contributed by atoms with E-state index in [2.05, 4.69) is 36.6 Å². The molecule has 1 aliphatic rings. The van der Waals surface area contributed by atoms with Crippen molar-refractivity contribution in [2.24, 2.45) is 11.8 Å². The average molecular weight is 258 g/mol. The summed E-state index contributed by atoms with van der Waals surface area (Å²) in [6.45, 7) is 0.972. The van der Waals surface area contributed by atoms with E-state index in [1.165, 1.54) is 12.8 Å². The van der Waals surface area contributed by atoms with Crippen LogP contribution in [-0.2, 0) is 0 Å². The third-order valence-corrected chi connectivity index (χ3v) is 2.71. The van der Waals surface area contributed by atoms with Gasteiger partial charge < -0.3 is 5.32 Å². The number of hydrazine groups is 1. The van der Waals surface area contributed by atoms with Crippen molar-refractivity contribution >= 4 is 27.7 Å². The van der Waals surface area contributed by atoms with Crippen molar-refractivity contribution in [3.8, 4) is 0 Å². The lowest BCUT2D eigenvalue weighted by molar-refractivity contribution is 0.879. The van der Waals surface area contributed by atoms with Crippen LogP contribution in [0.2, 0.25) is 0 Å². The summed E-state index contributed by atoms with van der Waals surface area (Å²) in [6, 6.07) is 0. The second kappa shape index (κ2) is 4.10. The van der Waals surface area contributed by atoms with Gasteiger partial charge in [-0.1, -0.05) is 0 Å². The molecule has 0 amide bonds. The van der Waals surface area contributed by atoms with Crippen molar-refractivity contribution < 1.29 is 0 Å². The van der Waals surface area contributed by atoms with E-state index in [9.17, 15) is 0 Å². The van der Waals surface area contributed by atoms with Crippen molar-refractivity contribution in [3.05, 3.63) is 10.7 Å². The molecule has 1 aromatic heterocycles. The van der Waals surface area contributed by atoms with Gasteiger partial charge in [0.1, 0.15) is 5.82 Å². The second-order valence-corrected chi connectivity index (χ2v) is 4.21. The van der Waals surface area contributed by atoms with Gasteiger partial charge in [-0.05, 0) is 34.7 Å². The van der Waals surface area contributed by atoms with Crippen molar-refractivity contribution in [3.63, 3.8) is 0 Å². The minimum atomic E-state index is 0.423. The summed E-state index contributed by atoms with van der Waals surface area (Å²) in [6.07, 6.45) is 4.31. The Morgan fingerprint density at radius 2 is 2.36 bits per heavy atom. The van der Waals surface area contributed by atoms with Crippen molar-refractivity contribution in [1.82, 2.24) is 9.97 Å². The maximum absolute atomic E-state index is 5.22. The van der Waals surface area contributed by atoms with Gasteiger partial charge in [0.25, 0.3) is 0 Å². The molecule has 1 aliphatic carbocycles. The fourth-order valence-corrected chi connectivity index (χ4v) is 1.45. The van der Waals surface area contributed by atoms with E-state index in [4.69, 9.17) is 5.84 Å². The topological polar surface area (TPSA) is 75.9 Å². The molecule has 1 fully saturated rings. The van der Waals surface area contributed by atoms with Crippen LogP contribution in [0.15, 0.2) is 10.7 Å². The third-order valence-electron chi connectivity index (χ3n) is 2.13. The number of nitrogens with one attached hydrogen (secondary N) is 2. The molecule has 2 rings (SSSR count). The normalized spacial score (nSPS) is 15.3. The van der Waals surface area contributed by atoms with Crippen LogP contribution < -0.4 is 16.6 Å². The first-order chi connectivity index (χ1) is 6.79. The first-order valence-electron chi connectivity index (χ1n) is 4.52. The Bertz CT molecular complexity index is 326. The molecule has 14 heavy (non-hydrogen) atoms. The van der Waals surface area contributed by atoms with Gasteiger partial charge in [0.05, 0.1) is 4.47 Å². The van der Waals surface area contributed by atoms with Gasteiger partial charge in [0.15, 0.2) is 0 Å². The largest absolute Gasteiger partial charge is 0.369 e. The molecule has 0 saturated heterocycles. The molecule has 0 atom stereocenters. The van der Waals surface area contributed by atoms with Crippen LogP contribution in [0.1, 0.15) is 12.8 Å². The van der Waals surface area contributed by atoms with E-state index in [1.54, 1.807) is 6.20 Å². The summed E-state index contributed by atoms with van der Waals surface area (Å²) in [7, 11) is 0. The average Bonchev–Trinajstić information content (AvgIpc) is 3.00. The van der Waals surface area contributed by atoms with Crippen molar-refractivity contribution in [2.75, 3.05) is 17.3 Å². The van der Waals surface area contributed by atoms with Crippen LogP contribution in [0.25, 0.3) is 0 Å². The number of halogens is 1. The maximum Gasteiger partial charge on any atom is 0.239 e. The predicted molar refractivity (Wildman–Crippen MR) is 58.8 cm³/mol. The fourth-order valence-electron chi connectivity index (χ4n) is 1.12. The zero-order valence-corrected chi connectivity index (χ0v) is 9.21. The number of hydrogen-bond acceptors (Lipinski definition) is 5. The Morgan fingerprint density at radius 1 is 1.57 bits per heavy atom. The van der Waals surface area contributed by atoms with E-state index >= 15 is 0 Å². The summed E-state index contributed by atoms with van der Waals surface area (Å²) in [5.74, 6) is 7.24. The van der Waals surface area contributed by atoms with Crippen LogP contribution in [0.3, 0.4) is 0 Å². The Hall–Kier alpha value is -0.880. The quantitative estimate of drug-likeness (QED) is 0.561. The van der Waals surface area contributed by atoms with Crippen LogP contribution >= 0.6 is 15.9 Å². The molecule has 0 aromatic carbocycles. The lowest BCUT2D eigenvalue weighted by Gasteiger charge is -2.07. The highest BCUT2D eigenvalue weighted by Crippen LogP contribution is 2.29. The number of nitrogens with zero attached hydrogens (tertiary/aromatic N) is 2. The predicted octanol–water partition coefficient (Wildman–Crippen LogP) is 1.35. The van der Waals surface area contributed by atoms with Gasteiger partial charge in [-0.3, -0.25) is 5.43 Å². The monoisotopic (exact) mass is 257 g/mol. The van der Waals surface area contributed by atoms with Crippen LogP contribution in [0, 0.1) is 5.92 Å². The Labute approximate surface area is 90.6 Å². The maximum atomic E-state index is 5.22. The van der Waals surface area contributed by atoms with Gasteiger partial charge in [-0.2, -0.15) is 4.98 Å². The Morgan fingerprint density at radius 3 is 3.00 bits per heavy atom. The summed E-state index contributed by atoms with van der Waals surface area (Å²) in [4.78, 5) is 8.15. The number of anilines is 2. The molecule has 0 bridgehead atoms. The fraction of sp³-hybridized carbons (Fsp3) is 0.500. The molecule has 1 heterocycles. The highest BCUT2D eigenvalue weighted by Gasteiger charge is 2.21. The first-order valence-corrected chi connectivity index (χ1v) is 5.32. The number of aromatic nitrogens is 2. The second-order valence-electron chi connectivity index (χ2n) is 3.36.